The molecule has 1 aliphatic carbocycles. The van der Waals surface area contributed by atoms with E-state index in [0.29, 0.717) is 12.0 Å². The molecule has 1 aliphatic heterocycles. The topological polar surface area (TPSA) is 65.6 Å². The Bertz CT molecular complexity index is 1080. The van der Waals surface area contributed by atoms with E-state index in [1.54, 1.807) is 6.07 Å². The van der Waals surface area contributed by atoms with Crippen LogP contribution < -0.4 is 10.6 Å². The van der Waals surface area contributed by atoms with Crippen molar-refractivity contribution in [3.8, 4) is 11.3 Å². The van der Waals surface area contributed by atoms with Gasteiger partial charge in [0.25, 0.3) is 0 Å². The summed E-state index contributed by atoms with van der Waals surface area (Å²) >= 11 is 3.50. The molecule has 1 atom stereocenters. The zero-order valence-electron chi connectivity index (χ0n) is 16.7. The number of nitrogens with zero attached hydrogens (tertiary/aromatic N) is 2. The molecule has 7 heteroatoms. The maximum atomic E-state index is 14.2. The lowest BCUT2D eigenvalue weighted by Crippen LogP contribution is -2.50. The van der Waals surface area contributed by atoms with Gasteiger partial charge in [0.2, 0.25) is 5.95 Å². The quantitative estimate of drug-likeness (QED) is 0.508. The second-order valence-electron chi connectivity index (χ2n) is 8.85. The molecular formula is C22H25BrFN5. The summed E-state index contributed by atoms with van der Waals surface area (Å²) in [5.74, 6) is 0.396. The highest BCUT2D eigenvalue weighted by molar-refractivity contribution is 9.10. The molecule has 0 unspecified atom stereocenters. The van der Waals surface area contributed by atoms with Gasteiger partial charge in [-0.15, -0.1) is 0 Å². The molecule has 0 radical (unpaired) electrons. The van der Waals surface area contributed by atoms with Crippen LogP contribution in [-0.4, -0.2) is 33.1 Å². The summed E-state index contributed by atoms with van der Waals surface area (Å²) in [7, 11) is 0. The van der Waals surface area contributed by atoms with Crippen LogP contribution in [0.25, 0.3) is 22.2 Å². The van der Waals surface area contributed by atoms with Gasteiger partial charge < -0.3 is 15.6 Å². The number of rotatable bonds is 2. The average molecular weight is 458 g/mol. The largest absolute Gasteiger partial charge is 0.357 e. The Morgan fingerprint density at radius 3 is 2.93 bits per heavy atom. The number of aromatic nitrogens is 3. The third kappa shape index (κ3) is 3.55. The summed E-state index contributed by atoms with van der Waals surface area (Å²) in [5, 5.41) is 7.96. The second kappa shape index (κ2) is 7.06. The summed E-state index contributed by atoms with van der Waals surface area (Å²) in [6.07, 6.45) is 6.98. The lowest BCUT2D eigenvalue weighted by Gasteiger charge is -2.36. The molecule has 3 N–H and O–H groups in total. The van der Waals surface area contributed by atoms with E-state index < -0.39 is 0 Å². The molecular weight excluding hydrogens is 433 g/mol. The van der Waals surface area contributed by atoms with E-state index in [0.717, 1.165) is 76.5 Å². The van der Waals surface area contributed by atoms with Gasteiger partial charge >= 0.3 is 0 Å². The first-order valence-corrected chi connectivity index (χ1v) is 11.1. The van der Waals surface area contributed by atoms with Crippen LogP contribution in [0.3, 0.4) is 0 Å². The molecule has 0 bridgehead atoms. The van der Waals surface area contributed by atoms with Crippen LogP contribution in [0.4, 0.5) is 10.3 Å². The number of aromatic amines is 1. The van der Waals surface area contributed by atoms with Gasteiger partial charge in [0.1, 0.15) is 5.82 Å². The first-order valence-electron chi connectivity index (χ1n) is 10.3. The van der Waals surface area contributed by atoms with Crippen LogP contribution in [-0.2, 0) is 12.8 Å². The highest BCUT2D eigenvalue weighted by Gasteiger charge is 2.27. The Morgan fingerprint density at radius 1 is 1.28 bits per heavy atom. The van der Waals surface area contributed by atoms with Crippen molar-refractivity contribution in [2.24, 2.45) is 0 Å². The van der Waals surface area contributed by atoms with Gasteiger partial charge in [0.15, 0.2) is 0 Å². The van der Waals surface area contributed by atoms with Crippen molar-refractivity contribution in [3.63, 3.8) is 0 Å². The van der Waals surface area contributed by atoms with E-state index in [4.69, 9.17) is 4.98 Å². The summed E-state index contributed by atoms with van der Waals surface area (Å²) in [6, 6.07) is 3.41. The fourth-order valence-corrected chi connectivity index (χ4v) is 5.03. The molecule has 152 valence electrons. The number of halogens is 2. The Hall–Kier alpha value is -1.99. The van der Waals surface area contributed by atoms with Crippen molar-refractivity contribution in [1.29, 1.82) is 0 Å². The lowest BCUT2D eigenvalue weighted by molar-refractivity contribution is 0.289. The van der Waals surface area contributed by atoms with Crippen LogP contribution >= 0.6 is 15.9 Å². The van der Waals surface area contributed by atoms with Crippen molar-refractivity contribution < 1.29 is 4.39 Å². The van der Waals surface area contributed by atoms with Crippen LogP contribution in [0, 0.1) is 5.82 Å². The van der Waals surface area contributed by atoms with Gasteiger partial charge in [-0.05, 0) is 79.6 Å². The maximum absolute atomic E-state index is 14.2. The number of fused-ring (bicyclic) bond motifs is 5. The molecule has 5 nitrogen and oxygen atoms in total. The van der Waals surface area contributed by atoms with E-state index in [1.165, 1.54) is 6.07 Å². The van der Waals surface area contributed by atoms with Crippen LogP contribution in [0.1, 0.15) is 44.4 Å². The van der Waals surface area contributed by atoms with Crippen molar-refractivity contribution in [2.45, 2.75) is 57.5 Å². The maximum Gasteiger partial charge on any atom is 0.223 e. The predicted octanol–water partition coefficient (Wildman–Crippen LogP) is 4.96. The molecule has 0 spiro atoms. The molecule has 1 aromatic carbocycles. The zero-order valence-corrected chi connectivity index (χ0v) is 18.3. The molecule has 1 fully saturated rings. The lowest BCUT2D eigenvalue weighted by atomic mass is 9.91. The first kappa shape index (κ1) is 19.0. The Balaban J connectivity index is 1.55. The SMILES string of the molecule is CC1(C)CC[C@H](Nc2ncc3c(n2)-c2c([nH]c4c(Br)cc(F)cc24)CCC3)CN1. The third-order valence-electron chi connectivity index (χ3n) is 6.15. The van der Waals surface area contributed by atoms with Gasteiger partial charge in [-0.2, -0.15) is 0 Å². The van der Waals surface area contributed by atoms with Crippen molar-refractivity contribution in [3.05, 3.63) is 39.9 Å². The van der Waals surface area contributed by atoms with Gasteiger partial charge in [-0.3, -0.25) is 0 Å². The third-order valence-corrected chi connectivity index (χ3v) is 6.78. The van der Waals surface area contributed by atoms with Crippen LogP contribution in [0.5, 0.6) is 0 Å². The van der Waals surface area contributed by atoms with Crippen molar-refractivity contribution >= 4 is 32.8 Å². The van der Waals surface area contributed by atoms with E-state index in [1.807, 2.05) is 6.20 Å². The van der Waals surface area contributed by atoms with E-state index in [9.17, 15) is 4.39 Å². The molecule has 2 aliphatic rings. The molecule has 3 aromatic rings. The number of anilines is 1. The summed E-state index contributed by atoms with van der Waals surface area (Å²) in [4.78, 5) is 13.0. The minimum atomic E-state index is -0.250. The second-order valence-corrected chi connectivity index (χ2v) is 9.71. The minimum absolute atomic E-state index is 0.184. The van der Waals surface area contributed by atoms with Crippen molar-refractivity contribution in [2.75, 3.05) is 11.9 Å². The molecule has 2 aromatic heterocycles. The number of benzene rings is 1. The Kier molecular flexibility index (Phi) is 4.62. The highest BCUT2D eigenvalue weighted by atomic mass is 79.9. The standard InChI is InChI=1S/C22H25BrFN5/c1-22(2)7-6-14(11-26-22)27-21-25-10-12-4-3-5-17-18(19(12)29-21)15-8-13(24)9-16(23)20(15)28-17/h8-10,14,26,28H,3-7,11H2,1-2H3,(H,25,27,29)/t14-/m0/s1. The normalized spacial score (nSPS) is 20.8. The number of hydrogen-bond donors (Lipinski definition) is 3. The molecule has 5 rings (SSSR count). The molecule has 0 saturated carbocycles. The molecule has 0 amide bonds. The first-order chi connectivity index (χ1) is 13.9. The molecule has 3 heterocycles. The van der Waals surface area contributed by atoms with Gasteiger partial charge in [0, 0.05) is 45.4 Å². The number of piperidine rings is 1. The van der Waals surface area contributed by atoms with Gasteiger partial charge in [-0.1, -0.05) is 0 Å². The average Bonchev–Trinajstić information content (AvgIpc) is 2.93. The van der Waals surface area contributed by atoms with E-state index in [-0.39, 0.29) is 11.4 Å². The van der Waals surface area contributed by atoms with Gasteiger partial charge in [0.05, 0.1) is 11.2 Å². The van der Waals surface area contributed by atoms with Gasteiger partial charge in [-0.25, -0.2) is 14.4 Å². The smallest absolute Gasteiger partial charge is 0.223 e. The number of aryl methyl sites for hydroxylation is 2. The minimum Gasteiger partial charge on any atom is -0.357 e. The molecule has 1 saturated heterocycles. The zero-order chi connectivity index (χ0) is 20.2. The monoisotopic (exact) mass is 457 g/mol. The number of H-pyrrole nitrogens is 1. The highest BCUT2D eigenvalue weighted by Crippen LogP contribution is 2.39. The predicted molar refractivity (Wildman–Crippen MR) is 118 cm³/mol. The summed E-state index contributed by atoms with van der Waals surface area (Å²) in [5.41, 5.74) is 5.29. The number of hydrogen-bond acceptors (Lipinski definition) is 4. The fraction of sp³-hybridized carbons (Fsp3) is 0.455. The fourth-order valence-electron chi connectivity index (χ4n) is 4.49. The Labute approximate surface area is 178 Å². The summed E-state index contributed by atoms with van der Waals surface area (Å²) in [6.45, 7) is 5.36. The van der Waals surface area contributed by atoms with Crippen molar-refractivity contribution in [1.82, 2.24) is 20.3 Å². The number of nitrogens with one attached hydrogen (secondary N) is 3. The summed E-state index contributed by atoms with van der Waals surface area (Å²) < 4.78 is 14.9. The van der Waals surface area contributed by atoms with E-state index >= 15 is 0 Å². The van der Waals surface area contributed by atoms with Crippen LogP contribution in [0.15, 0.2) is 22.8 Å². The van der Waals surface area contributed by atoms with Crippen LogP contribution in [0.2, 0.25) is 0 Å². The molecule has 29 heavy (non-hydrogen) atoms. The Morgan fingerprint density at radius 2 is 2.14 bits per heavy atom. The van der Waals surface area contributed by atoms with E-state index in [2.05, 4.69) is 50.4 Å².